The zero-order valence-corrected chi connectivity index (χ0v) is 14.2. The highest BCUT2D eigenvalue weighted by atomic mass is 16.6. The summed E-state index contributed by atoms with van der Waals surface area (Å²) in [7, 11) is 0. The summed E-state index contributed by atoms with van der Waals surface area (Å²) >= 11 is 0. The Kier molecular flexibility index (Phi) is 5.28. The number of hydrogen-bond acceptors (Lipinski definition) is 5. The molecule has 0 aromatic carbocycles. The van der Waals surface area contributed by atoms with Crippen LogP contribution in [0.2, 0.25) is 0 Å². The van der Waals surface area contributed by atoms with Crippen LogP contribution in [-0.2, 0) is 16.0 Å². The van der Waals surface area contributed by atoms with Crippen molar-refractivity contribution >= 4 is 12.1 Å². The van der Waals surface area contributed by atoms with Gasteiger partial charge in [0.25, 0.3) is 0 Å². The maximum Gasteiger partial charge on any atom is 0.407 e. The van der Waals surface area contributed by atoms with Crippen LogP contribution >= 0.6 is 0 Å². The highest BCUT2D eigenvalue weighted by Gasteiger charge is 2.29. The Balaban J connectivity index is 1.95. The molecule has 1 amide bonds. The zero-order valence-electron chi connectivity index (χ0n) is 14.2. The van der Waals surface area contributed by atoms with Gasteiger partial charge >= 0.3 is 12.1 Å². The molecule has 128 valence electrons. The van der Waals surface area contributed by atoms with E-state index in [4.69, 9.17) is 9.47 Å². The van der Waals surface area contributed by atoms with Gasteiger partial charge in [-0.3, -0.25) is 4.68 Å². The van der Waals surface area contributed by atoms with Gasteiger partial charge in [-0.2, -0.15) is 5.10 Å². The lowest BCUT2D eigenvalue weighted by atomic mass is 10.2. The first-order chi connectivity index (χ1) is 10.8. The number of carbonyl (C=O) groups is 2. The molecule has 1 fully saturated rings. The molecular formula is C16H25N3O4. The molecule has 7 nitrogen and oxygen atoms in total. The number of amides is 1. The fraction of sp³-hybridized carbons (Fsp3) is 0.688. The number of carbonyl (C=O) groups excluding carboxylic acids is 2. The van der Waals surface area contributed by atoms with Crippen LogP contribution < -0.4 is 5.32 Å². The van der Waals surface area contributed by atoms with Crippen LogP contribution in [0.3, 0.4) is 0 Å². The summed E-state index contributed by atoms with van der Waals surface area (Å²) in [6.07, 6.45) is 1.73. The van der Waals surface area contributed by atoms with E-state index in [2.05, 4.69) is 10.4 Å². The molecule has 1 aliphatic carbocycles. The molecule has 0 aliphatic heterocycles. The van der Waals surface area contributed by atoms with E-state index in [1.165, 1.54) is 0 Å². The van der Waals surface area contributed by atoms with Gasteiger partial charge in [0.05, 0.1) is 18.8 Å². The summed E-state index contributed by atoms with van der Waals surface area (Å²) in [5, 5.41) is 7.14. The third-order valence-electron chi connectivity index (χ3n) is 3.27. The summed E-state index contributed by atoms with van der Waals surface area (Å²) in [4.78, 5) is 23.7. The molecule has 0 saturated heterocycles. The molecule has 1 N–H and O–H groups in total. The van der Waals surface area contributed by atoms with Crippen molar-refractivity contribution in [3.63, 3.8) is 0 Å². The summed E-state index contributed by atoms with van der Waals surface area (Å²) in [6.45, 7) is 8.22. The number of hydrogen-bond donors (Lipinski definition) is 1. The van der Waals surface area contributed by atoms with Crippen molar-refractivity contribution in [3.05, 3.63) is 17.5 Å². The van der Waals surface area contributed by atoms with Crippen LogP contribution in [-0.4, -0.2) is 40.6 Å². The van der Waals surface area contributed by atoms with Crippen LogP contribution in [0.4, 0.5) is 4.79 Å². The van der Waals surface area contributed by atoms with E-state index in [9.17, 15) is 9.59 Å². The lowest BCUT2D eigenvalue weighted by molar-refractivity contribution is 0.0512. The van der Waals surface area contributed by atoms with E-state index < -0.39 is 11.7 Å². The van der Waals surface area contributed by atoms with Gasteiger partial charge in [-0.1, -0.05) is 0 Å². The fourth-order valence-corrected chi connectivity index (χ4v) is 2.13. The van der Waals surface area contributed by atoms with Crippen molar-refractivity contribution < 1.29 is 19.1 Å². The fourth-order valence-electron chi connectivity index (χ4n) is 2.13. The predicted molar refractivity (Wildman–Crippen MR) is 84.4 cm³/mol. The van der Waals surface area contributed by atoms with E-state index in [0.29, 0.717) is 31.3 Å². The molecule has 1 aliphatic rings. The summed E-state index contributed by atoms with van der Waals surface area (Å²) in [5.41, 5.74) is 0.815. The Hall–Kier alpha value is -2.05. The maximum absolute atomic E-state index is 12.0. The number of ether oxygens (including phenoxy) is 2. The van der Waals surface area contributed by atoms with Gasteiger partial charge < -0.3 is 14.8 Å². The predicted octanol–water partition coefficient (Wildman–Crippen LogP) is 2.46. The third-order valence-corrected chi connectivity index (χ3v) is 3.27. The molecule has 0 atom stereocenters. The Labute approximate surface area is 136 Å². The van der Waals surface area contributed by atoms with Crippen molar-refractivity contribution in [1.29, 1.82) is 0 Å². The first kappa shape index (κ1) is 17.3. The average Bonchev–Trinajstić information content (AvgIpc) is 3.18. The summed E-state index contributed by atoms with van der Waals surface area (Å²) in [5.74, 6) is 0.0624. The topological polar surface area (TPSA) is 82.5 Å². The SMILES string of the molecule is CCOC(=O)c1cc(C2CC2)nn1CCNC(=O)OC(C)(C)C. The first-order valence-electron chi connectivity index (χ1n) is 8.02. The van der Waals surface area contributed by atoms with Gasteiger partial charge in [0.2, 0.25) is 0 Å². The summed E-state index contributed by atoms with van der Waals surface area (Å²) in [6, 6.07) is 1.79. The van der Waals surface area contributed by atoms with Crippen molar-refractivity contribution in [3.8, 4) is 0 Å². The van der Waals surface area contributed by atoms with Crippen molar-refractivity contribution in [2.24, 2.45) is 0 Å². The first-order valence-corrected chi connectivity index (χ1v) is 8.02. The monoisotopic (exact) mass is 323 g/mol. The Morgan fingerprint density at radius 1 is 1.39 bits per heavy atom. The minimum absolute atomic E-state index is 0.318. The Bertz CT molecular complexity index is 570. The molecular weight excluding hydrogens is 298 g/mol. The van der Waals surface area contributed by atoms with Crippen LogP contribution in [0.1, 0.15) is 62.6 Å². The van der Waals surface area contributed by atoms with Gasteiger partial charge in [-0.25, -0.2) is 9.59 Å². The van der Waals surface area contributed by atoms with Crippen molar-refractivity contribution in [2.45, 2.75) is 58.6 Å². The standard InChI is InChI=1S/C16H25N3O4/c1-5-22-14(20)13-10-12(11-6-7-11)18-19(13)9-8-17-15(21)23-16(2,3)4/h10-11H,5-9H2,1-4H3,(H,17,21). The lowest BCUT2D eigenvalue weighted by Gasteiger charge is -2.19. The van der Waals surface area contributed by atoms with Crippen molar-refractivity contribution in [2.75, 3.05) is 13.2 Å². The van der Waals surface area contributed by atoms with E-state index >= 15 is 0 Å². The minimum atomic E-state index is -0.537. The van der Waals surface area contributed by atoms with Gasteiger partial charge in [0, 0.05) is 12.5 Å². The molecule has 0 radical (unpaired) electrons. The number of esters is 1. The third kappa shape index (κ3) is 5.26. The molecule has 1 saturated carbocycles. The minimum Gasteiger partial charge on any atom is -0.461 e. The van der Waals surface area contributed by atoms with Gasteiger partial charge in [0.15, 0.2) is 0 Å². The second-order valence-corrected chi connectivity index (χ2v) is 6.60. The molecule has 1 heterocycles. The lowest BCUT2D eigenvalue weighted by Crippen LogP contribution is -2.34. The molecule has 2 rings (SSSR count). The molecule has 1 aromatic rings. The number of nitrogens with zero attached hydrogens (tertiary/aromatic N) is 2. The Morgan fingerprint density at radius 3 is 2.65 bits per heavy atom. The Morgan fingerprint density at radius 2 is 2.09 bits per heavy atom. The smallest absolute Gasteiger partial charge is 0.407 e. The molecule has 0 spiro atoms. The number of rotatable bonds is 6. The van der Waals surface area contributed by atoms with Crippen molar-refractivity contribution in [1.82, 2.24) is 15.1 Å². The molecule has 0 bridgehead atoms. The van der Waals surface area contributed by atoms with Gasteiger partial charge in [0.1, 0.15) is 11.3 Å². The van der Waals surface area contributed by atoms with Crippen LogP contribution in [0, 0.1) is 0 Å². The highest BCUT2D eigenvalue weighted by Crippen LogP contribution is 2.39. The molecule has 0 unspecified atom stereocenters. The second-order valence-electron chi connectivity index (χ2n) is 6.60. The zero-order chi connectivity index (χ0) is 17.0. The van der Waals surface area contributed by atoms with Crippen LogP contribution in [0.25, 0.3) is 0 Å². The second kappa shape index (κ2) is 7.02. The molecule has 23 heavy (non-hydrogen) atoms. The van der Waals surface area contributed by atoms with Gasteiger partial charge in [-0.15, -0.1) is 0 Å². The quantitative estimate of drug-likeness (QED) is 0.813. The average molecular weight is 323 g/mol. The molecule has 7 heteroatoms. The van der Waals surface area contributed by atoms with Crippen LogP contribution in [0.5, 0.6) is 0 Å². The van der Waals surface area contributed by atoms with E-state index in [1.54, 1.807) is 38.4 Å². The van der Waals surface area contributed by atoms with E-state index in [0.717, 1.165) is 18.5 Å². The molecule has 1 aromatic heterocycles. The highest BCUT2D eigenvalue weighted by molar-refractivity contribution is 5.87. The normalized spacial score (nSPS) is 14.4. The van der Waals surface area contributed by atoms with Crippen LogP contribution in [0.15, 0.2) is 6.07 Å². The van der Waals surface area contributed by atoms with E-state index in [-0.39, 0.29) is 5.97 Å². The maximum atomic E-state index is 12.0. The number of nitrogens with one attached hydrogen (secondary N) is 1. The van der Waals surface area contributed by atoms with E-state index in [1.807, 2.05) is 0 Å². The number of aromatic nitrogens is 2. The largest absolute Gasteiger partial charge is 0.461 e. The number of alkyl carbamates (subject to hydrolysis) is 1. The van der Waals surface area contributed by atoms with Gasteiger partial charge in [-0.05, 0) is 46.6 Å². The summed E-state index contributed by atoms with van der Waals surface area (Å²) < 4.78 is 11.8.